The van der Waals surface area contributed by atoms with Crippen LogP contribution in [-0.4, -0.2) is 28.4 Å². The van der Waals surface area contributed by atoms with E-state index in [1.165, 1.54) is 0 Å². The summed E-state index contributed by atoms with van der Waals surface area (Å²) >= 11 is 0. The van der Waals surface area contributed by atoms with E-state index < -0.39 is 5.97 Å². The number of benzene rings is 1. The van der Waals surface area contributed by atoms with Gasteiger partial charge in [0, 0.05) is 25.9 Å². The van der Waals surface area contributed by atoms with Crippen molar-refractivity contribution in [2.45, 2.75) is 32.7 Å². The van der Waals surface area contributed by atoms with Crippen LogP contribution in [-0.2, 0) is 16.1 Å². The van der Waals surface area contributed by atoms with E-state index in [0.717, 1.165) is 5.56 Å². The molecule has 1 aromatic rings. The lowest BCUT2D eigenvalue weighted by molar-refractivity contribution is -0.137. The third-order valence-corrected chi connectivity index (χ3v) is 2.73. The number of aliphatic carboxylic acids is 1. The monoisotopic (exact) mass is 249 g/mol. The first-order chi connectivity index (χ1) is 8.63. The Bertz CT molecular complexity index is 389. The Kier molecular flexibility index (Phi) is 5.91. The fraction of sp³-hybridized carbons (Fsp3) is 0.429. The van der Waals surface area contributed by atoms with Crippen LogP contribution in [0.4, 0.5) is 0 Å². The Labute approximate surface area is 107 Å². The maximum Gasteiger partial charge on any atom is 0.303 e. The van der Waals surface area contributed by atoms with E-state index in [2.05, 4.69) is 0 Å². The number of carbonyl (C=O) groups is 2. The SMILES string of the molecule is CCN(Cc1ccccc1)C(=O)CCCC(=O)O. The quantitative estimate of drug-likeness (QED) is 0.806. The molecule has 0 saturated heterocycles. The Morgan fingerprint density at radius 1 is 1.17 bits per heavy atom. The van der Waals surface area contributed by atoms with E-state index in [-0.39, 0.29) is 12.3 Å². The predicted molar refractivity (Wildman–Crippen MR) is 69.0 cm³/mol. The van der Waals surface area contributed by atoms with Crippen LogP contribution >= 0.6 is 0 Å². The van der Waals surface area contributed by atoms with Gasteiger partial charge in [0.25, 0.3) is 0 Å². The van der Waals surface area contributed by atoms with Gasteiger partial charge in [-0.05, 0) is 18.9 Å². The van der Waals surface area contributed by atoms with Gasteiger partial charge in [-0.3, -0.25) is 9.59 Å². The van der Waals surface area contributed by atoms with Gasteiger partial charge in [-0.15, -0.1) is 0 Å². The van der Waals surface area contributed by atoms with Crippen molar-refractivity contribution in [1.29, 1.82) is 0 Å². The summed E-state index contributed by atoms with van der Waals surface area (Å²) in [7, 11) is 0. The molecule has 0 aliphatic heterocycles. The fourth-order valence-electron chi connectivity index (χ4n) is 1.73. The minimum Gasteiger partial charge on any atom is -0.481 e. The summed E-state index contributed by atoms with van der Waals surface area (Å²) in [5.74, 6) is -0.837. The van der Waals surface area contributed by atoms with Gasteiger partial charge in [-0.2, -0.15) is 0 Å². The van der Waals surface area contributed by atoms with E-state index in [4.69, 9.17) is 5.11 Å². The molecule has 0 atom stereocenters. The van der Waals surface area contributed by atoms with Gasteiger partial charge < -0.3 is 10.0 Å². The maximum atomic E-state index is 11.9. The maximum absolute atomic E-state index is 11.9. The summed E-state index contributed by atoms with van der Waals surface area (Å²) in [5.41, 5.74) is 1.09. The molecule has 1 aromatic carbocycles. The zero-order chi connectivity index (χ0) is 13.4. The molecule has 0 unspecified atom stereocenters. The van der Waals surface area contributed by atoms with Gasteiger partial charge >= 0.3 is 5.97 Å². The van der Waals surface area contributed by atoms with Gasteiger partial charge in [0.05, 0.1) is 0 Å². The van der Waals surface area contributed by atoms with Gasteiger partial charge in [-0.1, -0.05) is 30.3 Å². The number of rotatable bonds is 7. The number of nitrogens with zero attached hydrogens (tertiary/aromatic N) is 1. The average molecular weight is 249 g/mol. The highest BCUT2D eigenvalue weighted by Crippen LogP contribution is 2.07. The predicted octanol–water partition coefficient (Wildman–Crippen LogP) is 2.29. The van der Waals surface area contributed by atoms with Gasteiger partial charge in [-0.25, -0.2) is 0 Å². The highest BCUT2D eigenvalue weighted by molar-refractivity contribution is 5.77. The second kappa shape index (κ2) is 7.48. The lowest BCUT2D eigenvalue weighted by atomic mass is 10.2. The van der Waals surface area contributed by atoms with Crippen LogP contribution in [0.5, 0.6) is 0 Å². The molecule has 1 amide bonds. The zero-order valence-corrected chi connectivity index (χ0v) is 10.6. The smallest absolute Gasteiger partial charge is 0.303 e. The van der Waals surface area contributed by atoms with Crippen molar-refractivity contribution < 1.29 is 14.7 Å². The third-order valence-electron chi connectivity index (χ3n) is 2.73. The average Bonchev–Trinajstić information content (AvgIpc) is 2.36. The second-order valence-corrected chi connectivity index (χ2v) is 4.14. The van der Waals surface area contributed by atoms with Crippen molar-refractivity contribution >= 4 is 11.9 Å². The summed E-state index contributed by atoms with van der Waals surface area (Å²) in [6.45, 7) is 3.15. The highest BCUT2D eigenvalue weighted by atomic mass is 16.4. The topological polar surface area (TPSA) is 57.6 Å². The van der Waals surface area contributed by atoms with Crippen LogP contribution in [0.3, 0.4) is 0 Å². The van der Waals surface area contributed by atoms with Crippen molar-refractivity contribution in [3.63, 3.8) is 0 Å². The minimum atomic E-state index is -0.853. The van der Waals surface area contributed by atoms with E-state index in [1.54, 1.807) is 4.90 Å². The van der Waals surface area contributed by atoms with E-state index in [1.807, 2.05) is 37.3 Å². The van der Waals surface area contributed by atoms with Gasteiger partial charge in [0.15, 0.2) is 0 Å². The molecule has 0 spiro atoms. The number of carbonyl (C=O) groups excluding carboxylic acids is 1. The van der Waals surface area contributed by atoms with Crippen molar-refractivity contribution in [3.8, 4) is 0 Å². The Morgan fingerprint density at radius 3 is 2.39 bits per heavy atom. The molecule has 0 bridgehead atoms. The Morgan fingerprint density at radius 2 is 1.83 bits per heavy atom. The molecule has 1 rings (SSSR count). The van der Waals surface area contributed by atoms with E-state index in [0.29, 0.717) is 25.9 Å². The lowest BCUT2D eigenvalue weighted by Crippen LogP contribution is -2.30. The van der Waals surface area contributed by atoms with Gasteiger partial charge in [0.2, 0.25) is 5.91 Å². The number of hydrogen-bond acceptors (Lipinski definition) is 2. The van der Waals surface area contributed by atoms with E-state index >= 15 is 0 Å². The molecule has 0 radical (unpaired) electrons. The summed E-state index contributed by atoms with van der Waals surface area (Å²) in [4.78, 5) is 24.0. The molecular formula is C14H19NO3. The van der Waals surface area contributed by atoms with Crippen LogP contribution in [0, 0.1) is 0 Å². The van der Waals surface area contributed by atoms with Crippen LogP contribution in [0.2, 0.25) is 0 Å². The van der Waals surface area contributed by atoms with Crippen LogP contribution in [0.1, 0.15) is 31.7 Å². The number of hydrogen-bond donors (Lipinski definition) is 1. The normalized spacial score (nSPS) is 10.1. The second-order valence-electron chi connectivity index (χ2n) is 4.14. The summed E-state index contributed by atoms with van der Waals surface area (Å²) in [6, 6.07) is 9.78. The van der Waals surface area contributed by atoms with Crippen LogP contribution in [0.25, 0.3) is 0 Å². The first-order valence-electron chi connectivity index (χ1n) is 6.17. The molecule has 0 aromatic heterocycles. The van der Waals surface area contributed by atoms with Crippen molar-refractivity contribution in [1.82, 2.24) is 4.90 Å². The Balaban J connectivity index is 2.45. The number of carboxylic acids is 1. The van der Waals surface area contributed by atoms with Crippen LogP contribution in [0.15, 0.2) is 30.3 Å². The molecule has 0 aliphatic rings. The number of amides is 1. The fourth-order valence-corrected chi connectivity index (χ4v) is 1.73. The standard InChI is InChI=1S/C14H19NO3/c1-2-15(11-12-7-4-3-5-8-12)13(16)9-6-10-14(17)18/h3-5,7-8H,2,6,9-11H2,1H3,(H,17,18). The third kappa shape index (κ3) is 4.99. The first kappa shape index (κ1) is 14.2. The Hall–Kier alpha value is -1.84. The molecule has 4 heteroatoms. The lowest BCUT2D eigenvalue weighted by Gasteiger charge is -2.20. The summed E-state index contributed by atoms with van der Waals surface area (Å²) in [5, 5.41) is 8.53. The molecule has 0 heterocycles. The van der Waals surface area contributed by atoms with E-state index in [9.17, 15) is 9.59 Å². The largest absolute Gasteiger partial charge is 0.481 e. The highest BCUT2D eigenvalue weighted by Gasteiger charge is 2.12. The zero-order valence-electron chi connectivity index (χ0n) is 10.6. The molecule has 98 valence electrons. The molecular weight excluding hydrogens is 230 g/mol. The summed E-state index contributed by atoms with van der Waals surface area (Å²) < 4.78 is 0. The summed E-state index contributed by atoms with van der Waals surface area (Å²) in [6.07, 6.45) is 0.751. The molecule has 18 heavy (non-hydrogen) atoms. The van der Waals surface area contributed by atoms with Crippen LogP contribution < -0.4 is 0 Å². The molecule has 0 fully saturated rings. The molecule has 4 nitrogen and oxygen atoms in total. The number of carboxylic acid groups (broad SMARTS) is 1. The molecule has 0 saturated carbocycles. The first-order valence-corrected chi connectivity index (χ1v) is 6.17. The van der Waals surface area contributed by atoms with Crippen molar-refractivity contribution in [2.75, 3.05) is 6.54 Å². The van der Waals surface area contributed by atoms with Gasteiger partial charge in [0.1, 0.15) is 0 Å². The van der Waals surface area contributed by atoms with Crippen molar-refractivity contribution in [3.05, 3.63) is 35.9 Å². The minimum absolute atomic E-state index is 0.0163. The molecule has 1 N–H and O–H groups in total. The molecule has 0 aliphatic carbocycles. The van der Waals surface area contributed by atoms with Crippen molar-refractivity contribution in [2.24, 2.45) is 0 Å².